The van der Waals surface area contributed by atoms with Gasteiger partial charge in [0.25, 0.3) is 11.8 Å². The van der Waals surface area contributed by atoms with Crippen LogP contribution in [0.15, 0.2) is 35.9 Å². The van der Waals surface area contributed by atoms with Gasteiger partial charge in [0, 0.05) is 6.54 Å². The third kappa shape index (κ3) is 2.92. The lowest BCUT2D eigenvalue weighted by atomic mass is 10.1. The van der Waals surface area contributed by atoms with Crippen molar-refractivity contribution in [2.24, 2.45) is 0 Å². The number of benzene rings is 1. The number of allylic oxidation sites excluding steroid dienone is 2. The minimum Gasteiger partial charge on any atom is -0.274 e. The number of unbranched alkanes of at least 4 members (excludes halogenated alkanes) is 2. The Bertz CT molecular complexity index is 492. The highest BCUT2D eigenvalue weighted by Crippen LogP contribution is 2.22. The zero-order valence-corrected chi connectivity index (χ0v) is 11.5. The molecule has 1 aromatic rings. The van der Waals surface area contributed by atoms with Gasteiger partial charge in [-0.3, -0.25) is 14.5 Å². The second-order valence-electron chi connectivity index (χ2n) is 5.08. The van der Waals surface area contributed by atoms with Crippen LogP contribution in [0.25, 0.3) is 0 Å². The van der Waals surface area contributed by atoms with Crippen molar-refractivity contribution in [3.63, 3.8) is 0 Å². The number of amides is 2. The normalized spacial score (nSPS) is 13.7. The molecule has 0 unspecified atom stereocenters. The second kappa shape index (κ2) is 5.83. The van der Waals surface area contributed by atoms with Gasteiger partial charge in [-0.25, -0.2) is 0 Å². The van der Waals surface area contributed by atoms with E-state index in [0.29, 0.717) is 17.7 Å². The lowest BCUT2D eigenvalue weighted by molar-refractivity contribution is 0.0652. The van der Waals surface area contributed by atoms with Gasteiger partial charge in [0.2, 0.25) is 0 Å². The summed E-state index contributed by atoms with van der Waals surface area (Å²) in [6.07, 6.45) is 5.04. The maximum Gasteiger partial charge on any atom is 0.261 e. The summed E-state index contributed by atoms with van der Waals surface area (Å²) in [5, 5.41) is 0. The van der Waals surface area contributed by atoms with Crippen molar-refractivity contribution in [1.29, 1.82) is 0 Å². The second-order valence-corrected chi connectivity index (χ2v) is 5.08. The average molecular weight is 257 g/mol. The minimum atomic E-state index is -0.150. The SMILES string of the molecule is CC(C)=CCCCCN1C(=O)c2ccccc2C1=O. The predicted molar refractivity (Wildman–Crippen MR) is 75.1 cm³/mol. The lowest BCUT2D eigenvalue weighted by Gasteiger charge is -2.12. The summed E-state index contributed by atoms with van der Waals surface area (Å²) in [4.78, 5) is 25.5. The first-order valence-electron chi connectivity index (χ1n) is 6.70. The smallest absolute Gasteiger partial charge is 0.261 e. The monoisotopic (exact) mass is 257 g/mol. The molecule has 1 aromatic carbocycles. The Labute approximate surface area is 113 Å². The summed E-state index contributed by atoms with van der Waals surface area (Å²) in [6.45, 7) is 4.66. The van der Waals surface area contributed by atoms with Crippen LogP contribution in [0.5, 0.6) is 0 Å². The van der Waals surface area contributed by atoms with Crippen LogP contribution in [0.3, 0.4) is 0 Å². The number of hydrogen-bond donors (Lipinski definition) is 0. The first kappa shape index (κ1) is 13.5. The van der Waals surface area contributed by atoms with Crippen molar-refractivity contribution >= 4 is 11.8 Å². The highest BCUT2D eigenvalue weighted by atomic mass is 16.2. The first-order valence-corrected chi connectivity index (χ1v) is 6.70. The van der Waals surface area contributed by atoms with Crippen LogP contribution < -0.4 is 0 Å². The fourth-order valence-electron chi connectivity index (χ4n) is 2.25. The highest BCUT2D eigenvalue weighted by Gasteiger charge is 2.34. The van der Waals surface area contributed by atoms with E-state index in [-0.39, 0.29) is 11.8 Å². The van der Waals surface area contributed by atoms with E-state index in [9.17, 15) is 9.59 Å². The summed E-state index contributed by atoms with van der Waals surface area (Å²) in [7, 11) is 0. The van der Waals surface area contributed by atoms with E-state index in [1.807, 2.05) is 0 Å². The molecule has 2 rings (SSSR count). The molecule has 0 saturated carbocycles. The van der Waals surface area contributed by atoms with E-state index >= 15 is 0 Å². The van der Waals surface area contributed by atoms with Gasteiger partial charge in [-0.15, -0.1) is 0 Å². The van der Waals surface area contributed by atoms with Gasteiger partial charge < -0.3 is 0 Å². The number of carbonyl (C=O) groups excluding carboxylic acids is 2. The molecule has 0 spiro atoms. The molecule has 0 aliphatic carbocycles. The van der Waals surface area contributed by atoms with Gasteiger partial charge in [-0.05, 0) is 45.2 Å². The Hall–Kier alpha value is -1.90. The number of fused-ring (bicyclic) bond motifs is 1. The van der Waals surface area contributed by atoms with E-state index in [1.165, 1.54) is 10.5 Å². The Balaban J connectivity index is 1.92. The summed E-state index contributed by atoms with van der Waals surface area (Å²) in [6, 6.07) is 7.03. The van der Waals surface area contributed by atoms with Crippen molar-refractivity contribution in [3.8, 4) is 0 Å². The van der Waals surface area contributed by atoms with Crippen molar-refractivity contribution in [3.05, 3.63) is 47.0 Å². The molecule has 0 fully saturated rings. The van der Waals surface area contributed by atoms with E-state index in [1.54, 1.807) is 24.3 Å². The van der Waals surface area contributed by atoms with E-state index in [2.05, 4.69) is 19.9 Å². The fourth-order valence-corrected chi connectivity index (χ4v) is 2.25. The van der Waals surface area contributed by atoms with Gasteiger partial charge in [-0.2, -0.15) is 0 Å². The molecule has 3 heteroatoms. The molecule has 1 heterocycles. The Morgan fingerprint density at radius 3 is 2.16 bits per heavy atom. The third-order valence-electron chi connectivity index (χ3n) is 3.27. The summed E-state index contributed by atoms with van der Waals surface area (Å²) in [5.41, 5.74) is 2.38. The molecule has 3 nitrogen and oxygen atoms in total. The Morgan fingerprint density at radius 1 is 1.05 bits per heavy atom. The molecule has 100 valence electrons. The third-order valence-corrected chi connectivity index (χ3v) is 3.27. The first-order chi connectivity index (χ1) is 9.11. The molecular formula is C16H19NO2. The zero-order chi connectivity index (χ0) is 13.8. The maximum atomic E-state index is 12.1. The summed E-state index contributed by atoms with van der Waals surface area (Å²) in [5.74, 6) is -0.300. The van der Waals surface area contributed by atoms with Crippen molar-refractivity contribution in [1.82, 2.24) is 4.90 Å². The average Bonchev–Trinajstić information content (AvgIpc) is 2.63. The zero-order valence-electron chi connectivity index (χ0n) is 11.5. The molecule has 19 heavy (non-hydrogen) atoms. The molecule has 0 aromatic heterocycles. The Kier molecular flexibility index (Phi) is 4.15. The van der Waals surface area contributed by atoms with Gasteiger partial charge in [0.15, 0.2) is 0 Å². The number of rotatable bonds is 5. The lowest BCUT2D eigenvalue weighted by Crippen LogP contribution is -2.30. The van der Waals surface area contributed by atoms with E-state index in [4.69, 9.17) is 0 Å². The van der Waals surface area contributed by atoms with Crippen LogP contribution in [0.1, 0.15) is 53.8 Å². The molecule has 0 radical (unpaired) electrons. The van der Waals surface area contributed by atoms with Crippen LogP contribution in [-0.4, -0.2) is 23.3 Å². The van der Waals surface area contributed by atoms with Crippen LogP contribution in [0.4, 0.5) is 0 Å². The summed E-state index contributed by atoms with van der Waals surface area (Å²) < 4.78 is 0. The minimum absolute atomic E-state index is 0.150. The van der Waals surface area contributed by atoms with Crippen molar-refractivity contribution < 1.29 is 9.59 Å². The molecule has 0 bridgehead atoms. The molecule has 1 aliphatic heterocycles. The molecular weight excluding hydrogens is 238 g/mol. The van der Waals surface area contributed by atoms with Crippen molar-refractivity contribution in [2.45, 2.75) is 33.1 Å². The molecule has 0 saturated heterocycles. The maximum absolute atomic E-state index is 12.1. The van der Waals surface area contributed by atoms with Crippen LogP contribution in [0, 0.1) is 0 Å². The van der Waals surface area contributed by atoms with Gasteiger partial charge in [-0.1, -0.05) is 23.8 Å². The molecule has 0 N–H and O–H groups in total. The van der Waals surface area contributed by atoms with E-state index in [0.717, 1.165) is 19.3 Å². The van der Waals surface area contributed by atoms with Crippen LogP contribution in [0.2, 0.25) is 0 Å². The van der Waals surface area contributed by atoms with Gasteiger partial charge in [0.1, 0.15) is 0 Å². The van der Waals surface area contributed by atoms with Crippen LogP contribution >= 0.6 is 0 Å². The topological polar surface area (TPSA) is 37.4 Å². The van der Waals surface area contributed by atoms with Gasteiger partial charge in [0.05, 0.1) is 11.1 Å². The molecule has 2 amide bonds. The van der Waals surface area contributed by atoms with Crippen molar-refractivity contribution in [2.75, 3.05) is 6.54 Å². The Morgan fingerprint density at radius 2 is 1.63 bits per heavy atom. The largest absolute Gasteiger partial charge is 0.274 e. The number of imide groups is 1. The van der Waals surface area contributed by atoms with Crippen LogP contribution in [-0.2, 0) is 0 Å². The standard InChI is InChI=1S/C16H19NO2/c1-12(2)8-4-3-7-11-17-15(18)13-9-5-6-10-14(13)16(17)19/h5-6,8-10H,3-4,7,11H2,1-2H3. The molecule has 0 atom stereocenters. The van der Waals surface area contributed by atoms with E-state index < -0.39 is 0 Å². The summed E-state index contributed by atoms with van der Waals surface area (Å²) >= 11 is 0. The number of hydrogen-bond acceptors (Lipinski definition) is 2. The number of carbonyl (C=O) groups is 2. The number of nitrogens with zero attached hydrogens (tertiary/aromatic N) is 1. The quantitative estimate of drug-likeness (QED) is 0.460. The van der Waals surface area contributed by atoms with Gasteiger partial charge >= 0.3 is 0 Å². The molecule has 1 aliphatic rings. The predicted octanol–water partition coefficient (Wildman–Crippen LogP) is 3.42. The fraction of sp³-hybridized carbons (Fsp3) is 0.375. The highest BCUT2D eigenvalue weighted by molar-refractivity contribution is 6.21.